The van der Waals surface area contributed by atoms with Gasteiger partial charge in [-0.3, -0.25) is 0 Å². The van der Waals surface area contributed by atoms with Crippen LogP contribution in [0, 0.1) is 23.7 Å². The number of carbonyl (C=O) groups excluding carboxylic acids is 1. The van der Waals surface area contributed by atoms with Crippen LogP contribution in [-0.2, 0) is 4.79 Å². The van der Waals surface area contributed by atoms with Gasteiger partial charge in [0.05, 0.1) is 0 Å². The highest BCUT2D eigenvalue weighted by Crippen LogP contribution is 2.25. The van der Waals surface area contributed by atoms with Crippen LogP contribution in [0.25, 0.3) is 0 Å². The Morgan fingerprint density at radius 3 is 1.88 bits per heavy atom. The molecule has 0 amide bonds. The smallest absolute Gasteiger partial charge is 0.122 e. The van der Waals surface area contributed by atoms with Crippen LogP contribution in [0.4, 0.5) is 0 Å². The first-order chi connectivity index (χ1) is 7.49. The Morgan fingerprint density at radius 1 is 0.875 bits per heavy atom. The van der Waals surface area contributed by atoms with Crippen molar-refractivity contribution in [1.29, 1.82) is 0 Å². The van der Waals surface area contributed by atoms with Gasteiger partial charge < -0.3 is 4.79 Å². The molecule has 96 valence electrons. The number of hydrogen-bond acceptors (Lipinski definition) is 1. The SMILES string of the molecule is CCC[C@@H](C)C[C@@H](C)C[C@@H](C)C[C@@H](C)C=O. The van der Waals surface area contributed by atoms with Crippen molar-refractivity contribution in [2.45, 2.75) is 66.7 Å². The van der Waals surface area contributed by atoms with Crippen LogP contribution in [-0.4, -0.2) is 6.29 Å². The van der Waals surface area contributed by atoms with Gasteiger partial charge >= 0.3 is 0 Å². The van der Waals surface area contributed by atoms with E-state index in [1.165, 1.54) is 25.7 Å². The molecule has 0 spiro atoms. The molecule has 0 fully saturated rings. The molecule has 0 aromatic carbocycles. The third-order valence-corrected chi connectivity index (χ3v) is 3.40. The van der Waals surface area contributed by atoms with Crippen LogP contribution >= 0.6 is 0 Å². The molecule has 0 aliphatic heterocycles. The third kappa shape index (κ3) is 7.90. The van der Waals surface area contributed by atoms with Gasteiger partial charge in [0.25, 0.3) is 0 Å². The fourth-order valence-electron chi connectivity index (χ4n) is 2.87. The van der Waals surface area contributed by atoms with Gasteiger partial charge in [-0.2, -0.15) is 0 Å². The van der Waals surface area contributed by atoms with E-state index in [1.54, 1.807) is 0 Å². The van der Waals surface area contributed by atoms with Crippen LogP contribution in [0.2, 0.25) is 0 Å². The quantitative estimate of drug-likeness (QED) is 0.521. The Hall–Kier alpha value is -0.330. The molecule has 0 bridgehead atoms. The molecule has 0 saturated heterocycles. The summed E-state index contributed by atoms with van der Waals surface area (Å²) in [6.07, 6.45) is 7.39. The Labute approximate surface area is 102 Å². The van der Waals surface area contributed by atoms with Crippen LogP contribution in [0.1, 0.15) is 66.7 Å². The van der Waals surface area contributed by atoms with E-state index in [0.29, 0.717) is 5.92 Å². The molecule has 0 unspecified atom stereocenters. The lowest BCUT2D eigenvalue weighted by molar-refractivity contribution is -0.111. The minimum Gasteiger partial charge on any atom is -0.303 e. The van der Waals surface area contributed by atoms with Gasteiger partial charge in [-0.05, 0) is 37.0 Å². The number of aldehydes is 1. The lowest BCUT2D eigenvalue weighted by Gasteiger charge is -2.21. The maximum absolute atomic E-state index is 10.6. The maximum atomic E-state index is 10.6. The zero-order valence-corrected chi connectivity index (χ0v) is 11.8. The van der Waals surface area contributed by atoms with Crippen molar-refractivity contribution in [3.8, 4) is 0 Å². The molecule has 1 nitrogen and oxygen atoms in total. The molecule has 0 saturated carbocycles. The number of hydrogen-bond donors (Lipinski definition) is 0. The second-order valence-electron chi connectivity index (χ2n) is 5.92. The van der Waals surface area contributed by atoms with Crippen molar-refractivity contribution in [2.75, 3.05) is 0 Å². The van der Waals surface area contributed by atoms with Crippen LogP contribution < -0.4 is 0 Å². The summed E-state index contributed by atoms with van der Waals surface area (Å²) in [5.74, 6) is 2.57. The van der Waals surface area contributed by atoms with Crippen molar-refractivity contribution in [1.82, 2.24) is 0 Å². The average Bonchev–Trinajstić information content (AvgIpc) is 2.16. The summed E-state index contributed by atoms with van der Waals surface area (Å²) < 4.78 is 0. The maximum Gasteiger partial charge on any atom is 0.122 e. The standard InChI is InChI=1S/C15H30O/c1-6-7-12(2)8-13(3)9-14(4)10-15(5)11-16/h11-15H,6-10H2,1-5H3/t12-,13-,14-,15-/m1/s1. The van der Waals surface area contributed by atoms with E-state index in [2.05, 4.69) is 27.7 Å². The third-order valence-electron chi connectivity index (χ3n) is 3.40. The minimum absolute atomic E-state index is 0.232. The van der Waals surface area contributed by atoms with Crippen molar-refractivity contribution < 1.29 is 4.79 Å². The highest BCUT2D eigenvalue weighted by molar-refractivity contribution is 5.52. The monoisotopic (exact) mass is 226 g/mol. The first-order valence-electron chi connectivity index (χ1n) is 6.94. The topological polar surface area (TPSA) is 17.1 Å². The average molecular weight is 226 g/mol. The Kier molecular flexibility index (Phi) is 8.60. The normalized spacial score (nSPS) is 18.8. The molecule has 0 heterocycles. The van der Waals surface area contributed by atoms with Gasteiger partial charge in [0, 0.05) is 5.92 Å². The van der Waals surface area contributed by atoms with Gasteiger partial charge in [0.2, 0.25) is 0 Å². The highest BCUT2D eigenvalue weighted by Gasteiger charge is 2.14. The van der Waals surface area contributed by atoms with E-state index in [1.807, 2.05) is 6.92 Å². The van der Waals surface area contributed by atoms with Gasteiger partial charge in [-0.15, -0.1) is 0 Å². The van der Waals surface area contributed by atoms with Crippen molar-refractivity contribution in [3.63, 3.8) is 0 Å². The number of carbonyl (C=O) groups is 1. The van der Waals surface area contributed by atoms with Crippen LogP contribution in [0.3, 0.4) is 0 Å². The summed E-state index contributed by atoms with van der Waals surface area (Å²) in [7, 11) is 0. The van der Waals surface area contributed by atoms with E-state index in [9.17, 15) is 4.79 Å². The first-order valence-corrected chi connectivity index (χ1v) is 6.94. The van der Waals surface area contributed by atoms with Crippen LogP contribution in [0.5, 0.6) is 0 Å². The lowest BCUT2D eigenvalue weighted by atomic mass is 9.85. The lowest BCUT2D eigenvalue weighted by Crippen LogP contribution is -2.10. The Morgan fingerprint density at radius 2 is 1.38 bits per heavy atom. The molecule has 0 aromatic rings. The summed E-state index contributed by atoms with van der Waals surface area (Å²) >= 11 is 0. The van der Waals surface area contributed by atoms with Gasteiger partial charge in [-0.1, -0.05) is 47.5 Å². The predicted octanol–water partition coefficient (Wildman–Crippen LogP) is 4.70. The summed E-state index contributed by atoms with van der Waals surface area (Å²) in [5, 5.41) is 0. The molecule has 0 aromatic heterocycles. The second kappa shape index (κ2) is 8.78. The molecule has 0 rings (SSSR count). The van der Waals surface area contributed by atoms with Crippen molar-refractivity contribution >= 4 is 6.29 Å². The molecule has 0 aliphatic rings. The fraction of sp³-hybridized carbons (Fsp3) is 0.933. The summed E-state index contributed by atoms with van der Waals surface area (Å²) in [6.45, 7) is 11.3. The molecule has 1 heteroatoms. The summed E-state index contributed by atoms with van der Waals surface area (Å²) in [5.41, 5.74) is 0. The van der Waals surface area contributed by atoms with E-state index < -0.39 is 0 Å². The van der Waals surface area contributed by atoms with Crippen LogP contribution in [0.15, 0.2) is 0 Å². The highest BCUT2D eigenvalue weighted by atomic mass is 16.1. The number of rotatable bonds is 9. The molecule has 4 atom stereocenters. The zero-order chi connectivity index (χ0) is 12.6. The summed E-state index contributed by atoms with van der Waals surface area (Å²) in [4.78, 5) is 10.6. The molecule has 0 radical (unpaired) electrons. The fourth-order valence-corrected chi connectivity index (χ4v) is 2.87. The largest absolute Gasteiger partial charge is 0.303 e. The molecule has 16 heavy (non-hydrogen) atoms. The van der Waals surface area contributed by atoms with E-state index in [0.717, 1.165) is 24.5 Å². The first kappa shape index (κ1) is 15.7. The Bertz CT molecular complexity index is 176. The van der Waals surface area contributed by atoms with E-state index in [4.69, 9.17) is 0 Å². The predicted molar refractivity (Wildman–Crippen MR) is 71.5 cm³/mol. The second-order valence-corrected chi connectivity index (χ2v) is 5.92. The Balaban J connectivity index is 3.76. The zero-order valence-electron chi connectivity index (χ0n) is 11.8. The summed E-state index contributed by atoms with van der Waals surface area (Å²) in [6, 6.07) is 0. The van der Waals surface area contributed by atoms with Gasteiger partial charge in [0.15, 0.2) is 0 Å². The molecular weight excluding hydrogens is 196 g/mol. The minimum atomic E-state index is 0.232. The van der Waals surface area contributed by atoms with Crippen molar-refractivity contribution in [3.05, 3.63) is 0 Å². The van der Waals surface area contributed by atoms with E-state index in [-0.39, 0.29) is 5.92 Å². The van der Waals surface area contributed by atoms with E-state index >= 15 is 0 Å². The molecule has 0 N–H and O–H groups in total. The van der Waals surface area contributed by atoms with Crippen molar-refractivity contribution in [2.24, 2.45) is 23.7 Å². The molecule has 0 aliphatic carbocycles. The van der Waals surface area contributed by atoms with Gasteiger partial charge in [-0.25, -0.2) is 0 Å². The molecular formula is C15H30O. The van der Waals surface area contributed by atoms with Gasteiger partial charge in [0.1, 0.15) is 6.29 Å².